The van der Waals surface area contributed by atoms with E-state index in [-0.39, 0.29) is 28.9 Å². The molecule has 1 saturated heterocycles. The molecule has 2 heterocycles. The molecule has 1 aliphatic heterocycles. The van der Waals surface area contributed by atoms with Gasteiger partial charge in [0.15, 0.2) is 0 Å². The Balaban J connectivity index is 1.34. The number of rotatable bonds is 5. The lowest BCUT2D eigenvalue weighted by molar-refractivity contribution is -0.132. The Kier molecular flexibility index (Phi) is 5.87. The number of hydrogen-bond acceptors (Lipinski definition) is 5. The number of fused-ring (bicyclic) bond motifs is 1. The second kappa shape index (κ2) is 8.39. The number of nitrogens with zero attached hydrogens (tertiary/aromatic N) is 3. The highest BCUT2D eigenvalue weighted by Gasteiger charge is 2.31. The molecule has 3 aromatic rings. The largest absolute Gasteiger partial charge is 0.340 e. The van der Waals surface area contributed by atoms with Crippen LogP contribution in [0.1, 0.15) is 11.4 Å². The number of aromatic nitrogens is 1. The Morgan fingerprint density at radius 3 is 2.45 bits per heavy atom. The lowest BCUT2D eigenvalue weighted by Gasteiger charge is -2.34. The number of hydrogen-bond donors (Lipinski definition) is 0. The van der Waals surface area contributed by atoms with E-state index in [1.54, 1.807) is 34.4 Å². The van der Waals surface area contributed by atoms with Crippen LogP contribution in [0.2, 0.25) is 5.02 Å². The van der Waals surface area contributed by atoms with Crippen LogP contribution in [0.5, 0.6) is 0 Å². The molecule has 0 radical (unpaired) electrons. The monoisotopic (exact) mass is 449 g/mol. The average molecular weight is 450 g/mol. The van der Waals surface area contributed by atoms with Gasteiger partial charge in [0, 0.05) is 39.0 Å². The summed E-state index contributed by atoms with van der Waals surface area (Å²) in [5, 5.41) is 1.15. The molecule has 0 N–H and O–H groups in total. The number of piperazine rings is 1. The fraction of sp³-hybridized carbons (Fsp3) is 0.300. The van der Waals surface area contributed by atoms with Gasteiger partial charge in [-0.15, -0.1) is 11.3 Å². The van der Waals surface area contributed by atoms with Crippen molar-refractivity contribution >= 4 is 49.1 Å². The van der Waals surface area contributed by atoms with Gasteiger partial charge in [-0.1, -0.05) is 35.9 Å². The van der Waals surface area contributed by atoms with Crippen LogP contribution in [0.4, 0.5) is 0 Å². The van der Waals surface area contributed by atoms with Gasteiger partial charge in [0.2, 0.25) is 15.9 Å². The summed E-state index contributed by atoms with van der Waals surface area (Å²) < 4.78 is 28.1. The fourth-order valence-corrected chi connectivity index (χ4v) is 6.25. The minimum absolute atomic E-state index is 0.0269. The lowest BCUT2D eigenvalue weighted by Crippen LogP contribution is -2.50. The van der Waals surface area contributed by atoms with Gasteiger partial charge in [-0.3, -0.25) is 4.79 Å². The predicted molar refractivity (Wildman–Crippen MR) is 115 cm³/mol. The Labute approximate surface area is 178 Å². The standard InChI is InChI=1S/C20H20ClN3O3S2/c21-15-5-1-4-8-18(15)29(26,27)24-13-11-23(12-14-24)20(25)10-9-19-22-16-6-2-3-7-17(16)28-19/h1-8H,9-14H2. The van der Waals surface area contributed by atoms with E-state index in [9.17, 15) is 13.2 Å². The number of para-hydroxylation sites is 1. The predicted octanol–water partition coefficient (Wildman–Crippen LogP) is 3.42. The number of benzene rings is 2. The van der Waals surface area contributed by atoms with E-state index in [0.29, 0.717) is 25.9 Å². The summed E-state index contributed by atoms with van der Waals surface area (Å²) >= 11 is 7.67. The van der Waals surface area contributed by atoms with Crippen LogP contribution in [0.15, 0.2) is 53.4 Å². The van der Waals surface area contributed by atoms with Crippen LogP contribution in [-0.4, -0.2) is 54.7 Å². The van der Waals surface area contributed by atoms with Gasteiger partial charge in [0.05, 0.1) is 20.2 Å². The van der Waals surface area contributed by atoms with Gasteiger partial charge in [-0.05, 0) is 24.3 Å². The van der Waals surface area contributed by atoms with Crippen molar-refractivity contribution in [2.24, 2.45) is 0 Å². The SMILES string of the molecule is O=C(CCc1nc2ccccc2s1)N1CCN(S(=O)(=O)c2ccccc2Cl)CC1. The van der Waals surface area contributed by atoms with Crippen molar-refractivity contribution < 1.29 is 13.2 Å². The number of carbonyl (C=O) groups is 1. The minimum atomic E-state index is -3.66. The third-order valence-electron chi connectivity index (χ3n) is 4.94. The van der Waals surface area contributed by atoms with E-state index >= 15 is 0 Å². The summed E-state index contributed by atoms with van der Waals surface area (Å²) in [7, 11) is -3.66. The van der Waals surface area contributed by atoms with E-state index in [0.717, 1.165) is 15.2 Å². The molecule has 1 aromatic heterocycles. The molecule has 0 saturated carbocycles. The van der Waals surface area contributed by atoms with E-state index in [4.69, 9.17) is 11.6 Å². The number of aryl methyl sites for hydroxylation is 1. The highest BCUT2D eigenvalue weighted by Crippen LogP contribution is 2.26. The van der Waals surface area contributed by atoms with Crippen LogP contribution in [0.25, 0.3) is 10.2 Å². The molecule has 0 unspecified atom stereocenters. The van der Waals surface area contributed by atoms with E-state index in [2.05, 4.69) is 4.98 Å². The Morgan fingerprint density at radius 2 is 1.72 bits per heavy atom. The van der Waals surface area contributed by atoms with Crippen molar-refractivity contribution in [1.82, 2.24) is 14.2 Å². The molecular weight excluding hydrogens is 430 g/mol. The van der Waals surface area contributed by atoms with Crippen molar-refractivity contribution in [2.45, 2.75) is 17.7 Å². The van der Waals surface area contributed by atoms with Crippen LogP contribution < -0.4 is 0 Å². The van der Waals surface area contributed by atoms with Crippen molar-refractivity contribution in [2.75, 3.05) is 26.2 Å². The topological polar surface area (TPSA) is 70.6 Å². The maximum absolute atomic E-state index is 12.8. The molecule has 1 aliphatic rings. The van der Waals surface area contributed by atoms with Crippen LogP contribution in [0.3, 0.4) is 0 Å². The van der Waals surface area contributed by atoms with Gasteiger partial charge < -0.3 is 4.90 Å². The zero-order chi connectivity index (χ0) is 20.4. The first-order valence-corrected chi connectivity index (χ1v) is 12.0. The highest BCUT2D eigenvalue weighted by molar-refractivity contribution is 7.89. The summed E-state index contributed by atoms with van der Waals surface area (Å²) in [6.45, 7) is 1.28. The van der Waals surface area contributed by atoms with Gasteiger partial charge in [-0.2, -0.15) is 4.31 Å². The third kappa shape index (κ3) is 4.30. The summed E-state index contributed by atoms with van der Waals surface area (Å²) in [5.74, 6) is 0.0269. The molecule has 0 bridgehead atoms. The molecule has 0 spiro atoms. The zero-order valence-electron chi connectivity index (χ0n) is 15.6. The molecule has 29 heavy (non-hydrogen) atoms. The van der Waals surface area contributed by atoms with Crippen molar-refractivity contribution in [3.8, 4) is 0 Å². The summed E-state index contributed by atoms with van der Waals surface area (Å²) in [5.41, 5.74) is 0.957. The minimum Gasteiger partial charge on any atom is -0.340 e. The van der Waals surface area contributed by atoms with E-state index < -0.39 is 10.0 Å². The van der Waals surface area contributed by atoms with Crippen LogP contribution in [-0.2, 0) is 21.2 Å². The van der Waals surface area contributed by atoms with E-state index in [1.807, 2.05) is 24.3 Å². The average Bonchev–Trinajstić information content (AvgIpc) is 3.15. The first kappa shape index (κ1) is 20.3. The Morgan fingerprint density at radius 1 is 1.03 bits per heavy atom. The van der Waals surface area contributed by atoms with Crippen molar-refractivity contribution in [3.63, 3.8) is 0 Å². The van der Waals surface area contributed by atoms with E-state index in [1.165, 1.54) is 10.4 Å². The Hall–Kier alpha value is -2.00. The normalized spacial score (nSPS) is 15.7. The van der Waals surface area contributed by atoms with Crippen LogP contribution in [0, 0.1) is 0 Å². The summed E-state index contributed by atoms with van der Waals surface area (Å²) in [6.07, 6.45) is 0.966. The number of carbonyl (C=O) groups excluding carboxylic acids is 1. The first-order valence-electron chi connectivity index (χ1n) is 9.32. The maximum atomic E-state index is 12.8. The third-order valence-corrected chi connectivity index (χ3v) is 8.43. The quantitative estimate of drug-likeness (QED) is 0.598. The number of amides is 1. The smallest absolute Gasteiger partial charge is 0.244 e. The Bertz CT molecular complexity index is 1110. The number of thiazole rings is 1. The second-order valence-corrected chi connectivity index (χ2v) is 10.2. The first-order chi connectivity index (χ1) is 13.9. The molecule has 9 heteroatoms. The molecule has 1 amide bonds. The molecule has 4 rings (SSSR count). The molecule has 2 aromatic carbocycles. The van der Waals surface area contributed by atoms with Crippen molar-refractivity contribution in [3.05, 3.63) is 58.6 Å². The van der Waals surface area contributed by atoms with Gasteiger partial charge >= 0.3 is 0 Å². The van der Waals surface area contributed by atoms with Gasteiger partial charge in [-0.25, -0.2) is 13.4 Å². The van der Waals surface area contributed by atoms with Gasteiger partial charge in [0.25, 0.3) is 0 Å². The maximum Gasteiger partial charge on any atom is 0.244 e. The molecule has 0 aliphatic carbocycles. The van der Waals surface area contributed by atoms with Gasteiger partial charge in [0.1, 0.15) is 4.90 Å². The van der Waals surface area contributed by atoms with Crippen LogP contribution >= 0.6 is 22.9 Å². The fourth-order valence-electron chi connectivity index (χ4n) is 3.37. The zero-order valence-corrected chi connectivity index (χ0v) is 18.0. The molecule has 1 fully saturated rings. The summed E-state index contributed by atoms with van der Waals surface area (Å²) in [6, 6.07) is 14.3. The second-order valence-electron chi connectivity index (χ2n) is 6.79. The summed E-state index contributed by atoms with van der Waals surface area (Å²) in [4.78, 5) is 19.0. The molecule has 0 atom stereocenters. The number of halogens is 1. The molecular formula is C20H20ClN3O3S2. The molecule has 152 valence electrons. The lowest BCUT2D eigenvalue weighted by atomic mass is 10.2. The number of sulfonamides is 1. The van der Waals surface area contributed by atoms with Crippen molar-refractivity contribution in [1.29, 1.82) is 0 Å². The highest BCUT2D eigenvalue weighted by atomic mass is 35.5. The molecule has 6 nitrogen and oxygen atoms in total.